The van der Waals surface area contributed by atoms with Crippen LogP contribution in [0.25, 0.3) is 0 Å². The number of nitrogens with zero attached hydrogens (tertiary/aromatic N) is 1. The fourth-order valence-corrected chi connectivity index (χ4v) is 7.60. The van der Waals surface area contributed by atoms with Gasteiger partial charge < -0.3 is 25.4 Å². The second-order valence-electron chi connectivity index (χ2n) is 10.8. The number of allylic oxidation sites excluding steroid dienone is 2. The van der Waals surface area contributed by atoms with Crippen LogP contribution in [-0.4, -0.2) is 61.5 Å². The van der Waals surface area contributed by atoms with Gasteiger partial charge in [-0.05, 0) is 56.3 Å². The molecule has 0 spiro atoms. The monoisotopic (exact) mass is 512 g/mol. The molecule has 35 heavy (non-hydrogen) atoms. The predicted octanol–water partition coefficient (Wildman–Crippen LogP) is 3.95. The molecule has 0 aromatic rings. The molecule has 8 atom stereocenters. The summed E-state index contributed by atoms with van der Waals surface area (Å²) in [6.07, 6.45) is 8.87. The minimum absolute atomic E-state index is 0.0158. The van der Waals surface area contributed by atoms with E-state index < -0.39 is 28.0 Å². The third-order valence-corrected chi connectivity index (χ3v) is 9.59. The molecule has 3 saturated carbocycles. The zero-order chi connectivity index (χ0) is 26.0. The number of halogens is 1. The van der Waals surface area contributed by atoms with E-state index in [1.54, 1.807) is 6.92 Å². The van der Waals surface area contributed by atoms with Gasteiger partial charge in [-0.3, -0.25) is 4.79 Å². The molecule has 3 fully saturated rings. The Hall–Kier alpha value is -1.45. The molecular formula is C26H41ClN2O6. The van der Waals surface area contributed by atoms with Crippen LogP contribution in [0.1, 0.15) is 72.6 Å². The highest BCUT2D eigenvalue weighted by molar-refractivity contribution is 6.25. The molecule has 8 nitrogen and oxygen atoms in total. The minimum Gasteiger partial charge on any atom is -0.459 e. The normalized spacial score (nSPS) is 41.6. The Kier molecular flexibility index (Phi) is 8.75. The lowest BCUT2D eigenvalue weighted by atomic mass is 9.51. The van der Waals surface area contributed by atoms with Crippen molar-refractivity contribution in [2.75, 3.05) is 6.61 Å². The summed E-state index contributed by atoms with van der Waals surface area (Å²) in [6, 6.07) is -0.321. The average molecular weight is 513 g/mol. The molecule has 0 aliphatic heterocycles. The summed E-state index contributed by atoms with van der Waals surface area (Å²) in [5, 5.41) is 46.2. The summed E-state index contributed by atoms with van der Waals surface area (Å²) in [4.78, 5) is 10.8. The standard InChI is InChI=1S/C26H41ClN2O6/c1-5-7-8-18(28-33)12-17-9-10-19-20-11-16(3)26(32,21(29-34)15-35-23(31)6-2)24(20,4)14-22(30)25(19,27)13-17/h7-8,12,16,18-20,22,28,30,32-34H,5-6,9-11,13-15H2,1-4H3/b8-7-,17-12-,29-21+/t16-,18?,19-,20-,22-,24-,25-,26-/m0/s1. The molecule has 3 aliphatic rings. The van der Waals surface area contributed by atoms with Crippen LogP contribution in [0.3, 0.4) is 0 Å². The third kappa shape index (κ3) is 4.80. The van der Waals surface area contributed by atoms with E-state index in [1.807, 2.05) is 39.0 Å². The molecule has 3 rings (SSSR count). The zero-order valence-corrected chi connectivity index (χ0v) is 22.0. The SMILES string of the molecule is CC/C=C\C(/C=C1/CC[C@H]2[C@@H]3C[C@H](C)[C@](O)(/C(COC(=O)CC)=N/O)[C@@]3(C)C[C@H](O)[C@]2(Cl)C1)NO. The number of hydrogen-bond donors (Lipinski definition) is 5. The molecule has 5 N–H and O–H groups in total. The van der Waals surface area contributed by atoms with E-state index in [-0.39, 0.29) is 49.0 Å². The topological polar surface area (TPSA) is 132 Å². The van der Waals surface area contributed by atoms with Crippen LogP contribution in [-0.2, 0) is 9.53 Å². The Morgan fingerprint density at radius 3 is 2.69 bits per heavy atom. The number of aliphatic hydroxyl groups is 2. The average Bonchev–Trinajstić information content (AvgIpc) is 3.03. The molecule has 0 aromatic heterocycles. The molecular weight excluding hydrogens is 472 g/mol. The molecule has 0 saturated heterocycles. The quantitative estimate of drug-likeness (QED) is 0.0830. The van der Waals surface area contributed by atoms with Crippen LogP contribution in [0.4, 0.5) is 0 Å². The van der Waals surface area contributed by atoms with Crippen LogP contribution in [0, 0.1) is 23.2 Å². The van der Waals surface area contributed by atoms with Crippen molar-refractivity contribution in [2.24, 2.45) is 28.3 Å². The maximum absolute atomic E-state index is 12.0. The fourth-order valence-electron chi connectivity index (χ4n) is 7.09. The Balaban J connectivity index is 1.90. The van der Waals surface area contributed by atoms with E-state index in [0.717, 1.165) is 24.8 Å². The second kappa shape index (κ2) is 10.9. The van der Waals surface area contributed by atoms with Crippen LogP contribution >= 0.6 is 11.6 Å². The van der Waals surface area contributed by atoms with Gasteiger partial charge in [-0.2, -0.15) is 5.48 Å². The summed E-state index contributed by atoms with van der Waals surface area (Å²) in [5.74, 6) is -0.803. The Labute approximate surface area is 213 Å². The molecule has 198 valence electrons. The lowest BCUT2D eigenvalue weighted by molar-refractivity contribution is -0.143. The van der Waals surface area contributed by atoms with Crippen LogP contribution in [0.5, 0.6) is 0 Å². The summed E-state index contributed by atoms with van der Waals surface area (Å²) < 4.78 is 5.22. The molecule has 3 aliphatic carbocycles. The predicted molar refractivity (Wildman–Crippen MR) is 134 cm³/mol. The van der Waals surface area contributed by atoms with Gasteiger partial charge in [-0.1, -0.05) is 56.7 Å². The molecule has 0 radical (unpaired) electrons. The molecule has 0 bridgehead atoms. The number of oxime groups is 1. The lowest BCUT2D eigenvalue weighted by Gasteiger charge is -2.58. The largest absolute Gasteiger partial charge is 0.459 e. The maximum Gasteiger partial charge on any atom is 0.305 e. The van der Waals surface area contributed by atoms with Gasteiger partial charge in [0.05, 0.1) is 17.0 Å². The van der Waals surface area contributed by atoms with Gasteiger partial charge in [-0.25, -0.2) is 0 Å². The number of aliphatic hydroxyl groups excluding tert-OH is 1. The number of rotatable bonds is 8. The van der Waals surface area contributed by atoms with Gasteiger partial charge >= 0.3 is 5.97 Å². The van der Waals surface area contributed by atoms with E-state index in [1.165, 1.54) is 0 Å². The first-order valence-electron chi connectivity index (χ1n) is 12.7. The van der Waals surface area contributed by atoms with Crippen molar-refractivity contribution in [1.29, 1.82) is 0 Å². The number of ether oxygens (including phenoxy) is 1. The van der Waals surface area contributed by atoms with Crippen molar-refractivity contribution < 1.29 is 30.2 Å². The van der Waals surface area contributed by atoms with Gasteiger partial charge in [0.15, 0.2) is 0 Å². The third-order valence-electron chi connectivity index (χ3n) is 8.92. The molecule has 0 aromatic carbocycles. The summed E-state index contributed by atoms with van der Waals surface area (Å²) in [6.45, 7) is 7.24. The Morgan fingerprint density at radius 2 is 2.09 bits per heavy atom. The van der Waals surface area contributed by atoms with Crippen molar-refractivity contribution in [3.63, 3.8) is 0 Å². The van der Waals surface area contributed by atoms with Crippen molar-refractivity contribution in [2.45, 2.75) is 95.3 Å². The highest BCUT2D eigenvalue weighted by Crippen LogP contribution is 2.67. The van der Waals surface area contributed by atoms with Crippen LogP contribution < -0.4 is 5.48 Å². The number of carbonyl (C=O) groups is 1. The molecule has 0 heterocycles. The van der Waals surface area contributed by atoms with Crippen LogP contribution in [0.2, 0.25) is 0 Å². The van der Waals surface area contributed by atoms with Gasteiger partial charge in [0.1, 0.15) is 17.9 Å². The van der Waals surface area contributed by atoms with Crippen LogP contribution in [0.15, 0.2) is 29.0 Å². The number of hydroxylamine groups is 1. The Bertz CT molecular complexity index is 878. The lowest BCUT2D eigenvalue weighted by Crippen LogP contribution is -2.64. The van der Waals surface area contributed by atoms with E-state index in [0.29, 0.717) is 12.8 Å². The fraction of sp³-hybridized carbons (Fsp3) is 0.769. The summed E-state index contributed by atoms with van der Waals surface area (Å²) in [5.41, 5.74) is 1.04. The van der Waals surface area contributed by atoms with Gasteiger partial charge in [0, 0.05) is 11.8 Å². The van der Waals surface area contributed by atoms with Crippen molar-refractivity contribution in [1.82, 2.24) is 5.48 Å². The van der Waals surface area contributed by atoms with Crippen molar-refractivity contribution in [3.8, 4) is 0 Å². The van der Waals surface area contributed by atoms with Crippen molar-refractivity contribution >= 4 is 23.3 Å². The van der Waals surface area contributed by atoms with E-state index in [2.05, 4.69) is 10.6 Å². The Morgan fingerprint density at radius 1 is 1.37 bits per heavy atom. The first-order valence-corrected chi connectivity index (χ1v) is 13.1. The summed E-state index contributed by atoms with van der Waals surface area (Å²) in [7, 11) is 0. The molecule has 9 heteroatoms. The number of esters is 1. The van der Waals surface area contributed by atoms with Gasteiger partial charge in [0.25, 0.3) is 0 Å². The highest BCUT2D eigenvalue weighted by atomic mass is 35.5. The van der Waals surface area contributed by atoms with Gasteiger partial charge in [-0.15, -0.1) is 11.6 Å². The van der Waals surface area contributed by atoms with Gasteiger partial charge in [0.2, 0.25) is 0 Å². The first kappa shape index (κ1) is 28.1. The maximum atomic E-state index is 12.0. The van der Waals surface area contributed by atoms with E-state index in [4.69, 9.17) is 16.3 Å². The summed E-state index contributed by atoms with van der Waals surface area (Å²) >= 11 is 7.24. The van der Waals surface area contributed by atoms with E-state index >= 15 is 0 Å². The minimum atomic E-state index is -1.55. The number of alkyl halides is 1. The zero-order valence-electron chi connectivity index (χ0n) is 21.2. The molecule has 0 amide bonds. The number of nitrogens with one attached hydrogen (secondary N) is 1. The number of carbonyl (C=O) groups excluding carboxylic acids is 1. The number of hydrogen-bond acceptors (Lipinski definition) is 8. The van der Waals surface area contributed by atoms with E-state index in [9.17, 15) is 25.4 Å². The highest BCUT2D eigenvalue weighted by Gasteiger charge is 2.71. The van der Waals surface area contributed by atoms with Crippen molar-refractivity contribution in [3.05, 3.63) is 23.8 Å². The smallest absolute Gasteiger partial charge is 0.305 e. The first-order chi connectivity index (χ1) is 16.5. The molecule has 1 unspecified atom stereocenters. The second-order valence-corrected chi connectivity index (χ2v) is 11.5. The number of fused-ring (bicyclic) bond motifs is 3.